The molecule has 29 heavy (non-hydrogen) atoms. The van der Waals surface area contributed by atoms with E-state index in [1.807, 2.05) is 6.07 Å². The number of anilines is 1. The van der Waals surface area contributed by atoms with Gasteiger partial charge in [0.05, 0.1) is 13.2 Å². The number of imidazole rings is 1. The minimum atomic E-state index is -0.120. The lowest BCUT2D eigenvalue weighted by molar-refractivity contribution is 0.277. The van der Waals surface area contributed by atoms with Crippen molar-refractivity contribution in [2.75, 3.05) is 25.4 Å². The molecule has 1 saturated carbocycles. The number of rotatable bonds is 7. The van der Waals surface area contributed by atoms with Crippen molar-refractivity contribution in [2.45, 2.75) is 38.8 Å². The normalized spacial score (nSPS) is 17.2. The number of hydrogen-bond acceptors (Lipinski definition) is 7. The third-order valence-electron chi connectivity index (χ3n) is 5.66. The molecule has 3 heterocycles. The molecule has 1 aliphatic heterocycles. The Balaban J connectivity index is 1.41. The quantitative estimate of drug-likeness (QED) is 0.635. The van der Waals surface area contributed by atoms with Gasteiger partial charge in [-0.1, -0.05) is 24.3 Å². The number of hydrogen-bond donors (Lipinski definition) is 2. The summed E-state index contributed by atoms with van der Waals surface area (Å²) < 4.78 is 7.36. The number of nitrogens with zero attached hydrogens (tertiary/aromatic N) is 5. The van der Waals surface area contributed by atoms with Gasteiger partial charge in [0.2, 0.25) is 0 Å². The lowest BCUT2D eigenvalue weighted by Gasteiger charge is -2.15. The van der Waals surface area contributed by atoms with Crippen molar-refractivity contribution < 1.29 is 9.84 Å². The second kappa shape index (κ2) is 7.51. The lowest BCUT2D eigenvalue weighted by Crippen LogP contribution is -2.18. The summed E-state index contributed by atoms with van der Waals surface area (Å²) in [5, 5.41) is 10.4. The molecule has 8 nitrogen and oxygen atoms in total. The van der Waals surface area contributed by atoms with E-state index in [1.165, 1.54) is 31.2 Å². The van der Waals surface area contributed by atoms with Gasteiger partial charge in [-0.3, -0.25) is 9.47 Å². The first-order chi connectivity index (χ1) is 14.2. The van der Waals surface area contributed by atoms with E-state index in [-0.39, 0.29) is 17.8 Å². The van der Waals surface area contributed by atoms with Crippen LogP contribution in [-0.4, -0.2) is 49.2 Å². The van der Waals surface area contributed by atoms with E-state index in [2.05, 4.69) is 38.1 Å². The molecule has 1 aromatic carbocycles. The first kappa shape index (κ1) is 18.2. The maximum Gasteiger partial charge on any atom is 0.320 e. The summed E-state index contributed by atoms with van der Waals surface area (Å²) in [6, 6.07) is 8.56. The van der Waals surface area contributed by atoms with E-state index in [0.29, 0.717) is 30.2 Å². The predicted octanol–water partition coefficient (Wildman–Crippen LogP) is 2.55. The Kier molecular flexibility index (Phi) is 4.71. The zero-order chi connectivity index (χ0) is 19.8. The number of ether oxygens (including phenoxy) is 1. The van der Waals surface area contributed by atoms with Gasteiger partial charge in [0.25, 0.3) is 6.01 Å². The molecule has 8 heteroatoms. The van der Waals surface area contributed by atoms with Crippen LogP contribution in [0.4, 0.5) is 5.82 Å². The second-order valence-corrected chi connectivity index (χ2v) is 8.12. The fraction of sp³-hybridized carbons (Fsp3) is 0.476. The van der Waals surface area contributed by atoms with Crippen LogP contribution in [0.25, 0.3) is 11.2 Å². The smallest absolute Gasteiger partial charge is 0.320 e. The molecule has 2 aliphatic rings. The molecule has 0 amide bonds. The van der Waals surface area contributed by atoms with Crippen LogP contribution < -0.4 is 10.5 Å². The van der Waals surface area contributed by atoms with E-state index in [0.717, 1.165) is 25.2 Å². The third-order valence-corrected chi connectivity index (χ3v) is 5.66. The monoisotopic (exact) mass is 394 g/mol. The molecular formula is C21H26N6O2. The second-order valence-electron chi connectivity index (χ2n) is 8.12. The number of likely N-dealkylation sites (tertiary alicyclic amines) is 1. The maximum atomic E-state index is 10.4. The van der Waals surface area contributed by atoms with Crippen LogP contribution in [0.5, 0.6) is 12.0 Å². The van der Waals surface area contributed by atoms with E-state index < -0.39 is 0 Å². The van der Waals surface area contributed by atoms with Gasteiger partial charge in [-0.2, -0.15) is 15.0 Å². The predicted molar refractivity (Wildman–Crippen MR) is 110 cm³/mol. The molecular weight excluding hydrogens is 368 g/mol. The summed E-state index contributed by atoms with van der Waals surface area (Å²) in [4.78, 5) is 15.3. The number of nitrogen functional groups attached to an aromatic ring is 1. The van der Waals surface area contributed by atoms with E-state index in [1.54, 1.807) is 4.57 Å². The van der Waals surface area contributed by atoms with Crippen molar-refractivity contribution in [3.05, 3.63) is 35.4 Å². The average molecular weight is 394 g/mol. The van der Waals surface area contributed by atoms with Gasteiger partial charge < -0.3 is 15.6 Å². The highest BCUT2D eigenvalue weighted by Crippen LogP contribution is 2.30. The van der Waals surface area contributed by atoms with Crippen LogP contribution in [0.2, 0.25) is 0 Å². The van der Waals surface area contributed by atoms with Gasteiger partial charge in [0, 0.05) is 6.54 Å². The molecule has 152 valence electrons. The van der Waals surface area contributed by atoms with Gasteiger partial charge >= 0.3 is 6.01 Å². The van der Waals surface area contributed by atoms with E-state index in [4.69, 9.17) is 10.5 Å². The Bertz CT molecular complexity index is 1020. The molecule has 0 bridgehead atoms. The van der Waals surface area contributed by atoms with Crippen LogP contribution >= 0.6 is 0 Å². The van der Waals surface area contributed by atoms with Crippen molar-refractivity contribution in [3.63, 3.8) is 0 Å². The first-order valence-electron chi connectivity index (χ1n) is 10.3. The average Bonchev–Trinajstić information content (AvgIpc) is 3.31. The Morgan fingerprint density at radius 3 is 2.59 bits per heavy atom. The van der Waals surface area contributed by atoms with Crippen LogP contribution in [-0.2, 0) is 13.1 Å². The topological polar surface area (TPSA) is 102 Å². The highest BCUT2D eigenvalue weighted by Gasteiger charge is 2.23. The standard InChI is InChI=1S/C21H26N6O2/c22-18-17-19(25-20(24-18)29-13-14-6-7-14)27(21(28)23-17)12-16-5-3-4-15(10-16)11-26-8-1-2-9-26/h3-5,10,14H,1-2,6-9,11-13H2,(H,23,28)(H2,22,24,25). The summed E-state index contributed by atoms with van der Waals surface area (Å²) >= 11 is 0. The van der Waals surface area contributed by atoms with Crippen molar-refractivity contribution in [1.29, 1.82) is 0 Å². The Morgan fingerprint density at radius 1 is 1.07 bits per heavy atom. The molecule has 2 fully saturated rings. The molecule has 0 atom stereocenters. The zero-order valence-corrected chi connectivity index (χ0v) is 16.4. The highest BCUT2D eigenvalue weighted by molar-refractivity contribution is 5.83. The molecule has 1 saturated heterocycles. The van der Waals surface area contributed by atoms with Crippen LogP contribution in [0, 0.1) is 5.92 Å². The minimum Gasteiger partial charge on any atom is -0.480 e. The Morgan fingerprint density at radius 2 is 1.83 bits per heavy atom. The molecule has 5 rings (SSSR count). The number of aromatic nitrogens is 4. The summed E-state index contributed by atoms with van der Waals surface area (Å²) in [5.41, 5.74) is 9.29. The summed E-state index contributed by atoms with van der Waals surface area (Å²) in [6.07, 6.45) is 4.93. The molecule has 2 aromatic heterocycles. The summed E-state index contributed by atoms with van der Waals surface area (Å²) in [6.45, 7) is 4.34. The SMILES string of the molecule is Nc1nc(OCC2CC2)nc2c1nc(O)n2Cc1cccc(CN2CCCC2)c1. The summed E-state index contributed by atoms with van der Waals surface area (Å²) in [7, 11) is 0. The van der Waals surface area contributed by atoms with Gasteiger partial charge in [-0.25, -0.2) is 0 Å². The lowest BCUT2D eigenvalue weighted by atomic mass is 10.1. The number of fused-ring (bicyclic) bond motifs is 1. The fourth-order valence-corrected chi connectivity index (χ4v) is 3.88. The largest absolute Gasteiger partial charge is 0.480 e. The van der Waals surface area contributed by atoms with Crippen LogP contribution in [0.3, 0.4) is 0 Å². The molecule has 3 N–H and O–H groups in total. The van der Waals surface area contributed by atoms with Crippen molar-refractivity contribution in [2.24, 2.45) is 5.92 Å². The molecule has 0 radical (unpaired) electrons. The molecule has 3 aromatic rings. The van der Waals surface area contributed by atoms with Crippen LogP contribution in [0.15, 0.2) is 24.3 Å². The number of benzene rings is 1. The Hall–Kier alpha value is -2.87. The van der Waals surface area contributed by atoms with Crippen molar-refractivity contribution in [3.8, 4) is 12.0 Å². The zero-order valence-electron chi connectivity index (χ0n) is 16.4. The van der Waals surface area contributed by atoms with Crippen molar-refractivity contribution >= 4 is 17.0 Å². The number of aromatic hydroxyl groups is 1. The third kappa shape index (κ3) is 3.98. The van der Waals surface area contributed by atoms with Crippen molar-refractivity contribution in [1.82, 2.24) is 24.4 Å². The summed E-state index contributed by atoms with van der Waals surface area (Å²) in [5.74, 6) is 0.810. The molecule has 0 unspecified atom stereocenters. The number of nitrogens with two attached hydrogens (primary N) is 1. The Labute approximate surface area is 169 Å². The molecule has 1 aliphatic carbocycles. The van der Waals surface area contributed by atoms with E-state index >= 15 is 0 Å². The van der Waals surface area contributed by atoms with Gasteiger partial charge in [-0.05, 0) is 55.8 Å². The minimum absolute atomic E-state index is 0.120. The van der Waals surface area contributed by atoms with Gasteiger partial charge in [0.15, 0.2) is 17.0 Å². The maximum absolute atomic E-state index is 10.4. The van der Waals surface area contributed by atoms with Crippen LogP contribution in [0.1, 0.15) is 36.8 Å². The van der Waals surface area contributed by atoms with E-state index in [9.17, 15) is 5.11 Å². The highest BCUT2D eigenvalue weighted by atomic mass is 16.5. The first-order valence-corrected chi connectivity index (χ1v) is 10.3. The fourth-order valence-electron chi connectivity index (χ4n) is 3.88. The molecule has 0 spiro atoms. The van der Waals surface area contributed by atoms with Gasteiger partial charge in [0.1, 0.15) is 0 Å². The van der Waals surface area contributed by atoms with Gasteiger partial charge in [-0.15, -0.1) is 0 Å².